The lowest BCUT2D eigenvalue weighted by atomic mass is 10.1. The van der Waals surface area contributed by atoms with E-state index in [0.717, 1.165) is 15.8 Å². The van der Waals surface area contributed by atoms with E-state index in [2.05, 4.69) is 15.6 Å². The molecule has 1 aromatic heterocycles. The molecular weight excluding hydrogens is 393 g/mol. The summed E-state index contributed by atoms with van der Waals surface area (Å²) in [6, 6.07) is 10.6. The van der Waals surface area contributed by atoms with Gasteiger partial charge in [-0.05, 0) is 42.3 Å². The maximum Gasteiger partial charge on any atom is 0.251 e. The van der Waals surface area contributed by atoms with Gasteiger partial charge >= 0.3 is 0 Å². The zero-order chi connectivity index (χ0) is 18.7. The number of rotatable bonds is 5. The Labute approximate surface area is 164 Å². The van der Waals surface area contributed by atoms with Gasteiger partial charge in [0.05, 0.1) is 10.2 Å². The summed E-state index contributed by atoms with van der Waals surface area (Å²) < 4.78 is 0.835. The largest absolute Gasteiger partial charge is 0.352 e. The van der Waals surface area contributed by atoms with Crippen LogP contribution in [0.2, 0.25) is 10.0 Å². The summed E-state index contributed by atoms with van der Waals surface area (Å²) >= 11 is 13.3. The molecule has 26 heavy (non-hydrogen) atoms. The third-order valence-electron chi connectivity index (χ3n) is 3.63. The topological polar surface area (TPSA) is 71.1 Å². The fraction of sp³-hybridized carbons (Fsp3) is 0.167. The summed E-state index contributed by atoms with van der Waals surface area (Å²) in [5, 5.41) is 7.21. The Morgan fingerprint density at radius 3 is 2.69 bits per heavy atom. The molecule has 0 saturated heterocycles. The molecule has 0 saturated carbocycles. The molecule has 0 radical (unpaired) electrons. The van der Waals surface area contributed by atoms with Crippen LogP contribution in [0, 0.1) is 0 Å². The Bertz CT molecular complexity index is 988. The fourth-order valence-corrected chi connectivity index (χ4v) is 3.86. The van der Waals surface area contributed by atoms with Gasteiger partial charge in [0.25, 0.3) is 5.91 Å². The normalized spacial score (nSPS) is 10.7. The first-order chi connectivity index (χ1) is 12.4. The minimum absolute atomic E-state index is 0.175. The Kier molecular flexibility index (Phi) is 5.76. The van der Waals surface area contributed by atoms with E-state index in [-0.39, 0.29) is 11.8 Å². The first-order valence-corrected chi connectivity index (χ1v) is 9.40. The fourth-order valence-electron chi connectivity index (χ4n) is 2.41. The van der Waals surface area contributed by atoms with Gasteiger partial charge in [0.2, 0.25) is 5.91 Å². The van der Waals surface area contributed by atoms with Gasteiger partial charge in [-0.15, -0.1) is 0 Å². The van der Waals surface area contributed by atoms with Gasteiger partial charge in [0, 0.05) is 29.1 Å². The number of benzene rings is 2. The third kappa shape index (κ3) is 4.52. The molecule has 2 aromatic carbocycles. The smallest absolute Gasteiger partial charge is 0.251 e. The van der Waals surface area contributed by atoms with Gasteiger partial charge in [-0.1, -0.05) is 40.6 Å². The molecule has 0 unspecified atom stereocenters. The van der Waals surface area contributed by atoms with Crippen LogP contribution in [0.4, 0.5) is 5.13 Å². The minimum Gasteiger partial charge on any atom is -0.352 e. The number of carbonyl (C=O) groups excluding carboxylic acids is 2. The van der Waals surface area contributed by atoms with Gasteiger partial charge in [-0.2, -0.15) is 0 Å². The van der Waals surface area contributed by atoms with E-state index in [1.807, 2.05) is 6.07 Å². The molecule has 0 aliphatic rings. The van der Waals surface area contributed by atoms with Crippen LogP contribution in [0.15, 0.2) is 36.4 Å². The van der Waals surface area contributed by atoms with Crippen LogP contribution in [0.1, 0.15) is 22.8 Å². The molecule has 0 aliphatic heterocycles. The van der Waals surface area contributed by atoms with Crippen molar-refractivity contribution in [3.63, 3.8) is 0 Å². The summed E-state index contributed by atoms with van der Waals surface area (Å²) in [4.78, 5) is 27.8. The van der Waals surface area contributed by atoms with Crippen LogP contribution in [0.25, 0.3) is 10.2 Å². The van der Waals surface area contributed by atoms with E-state index in [1.54, 1.807) is 30.3 Å². The van der Waals surface area contributed by atoms with Crippen LogP contribution in [-0.2, 0) is 11.2 Å². The number of hydrogen-bond acceptors (Lipinski definition) is 4. The number of amides is 2. The lowest BCUT2D eigenvalue weighted by molar-refractivity contribution is -0.114. The first kappa shape index (κ1) is 18.6. The van der Waals surface area contributed by atoms with E-state index in [9.17, 15) is 9.59 Å². The molecule has 0 fully saturated rings. The summed E-state index contributed by atoms with van der Waals surface area (Å²) in [6.45, 7) is 1.88. The van der Waals surface area contributed by atoms with Gasteiger partial charge in [-0.3, -0.25) is 9.59 Å². The van der Waals surface area contributed by atoms with Crippen LogP contribution < -0.4 is 10.6 Å². The van der Waals surface area contributed by atoms with E-state index >= 15 is 0 Å². The van der Waals surface area contributed by atoms with E-state index < -0.39 is 0 Å². The minimum atomic E-state index is -0.178. The summed E-state index contributed by atoms with van der Waals surface area (Å²) in [5.74, 6) is -0.352. The molecule has 5 nitrogen and oxygen atoms in total. The predicted molar refractivity (Wildman–Crippen MR) is 106 cm³/mol. The van der Waals surface area contributed by atoms with E-state index in [4.69, 9.17) is 23.2 Å². The van der Waals surface area contributed by atoms with Crippen molar-refractivity contribution in [1.82, 2.24) is 10.3 Å². The Morgan fingerprint density at radius 1 is 1.15 bits per heavy atom. The zero-order valence-electron chi connectivity index (χ0n) is 13.8. The average molecular weight is 408 g/mol. The highest BCUT2D eigenvalue weighted by Gasteiger charge is 2.10. The highest BCUT2D eigenvalue weighted by atomic mass is 35.5. The Hall–Kier alpha value is -2.15. The number of fused-ring (bicyclic) bond motifs is 1. The van der Waals surface area contributed by atoms with Gasteiger partial charge < -0.3 is 10.6 Å². The lowest BCUT2D eigenvalue weighted by Gasteiger charge is -2.07. The first-order valence-electron chi connectivity index (χ1n) is 7.82. The number of halogens is 2. The number of carbonyl (C=O) groups is 2. The molecule has 0 aliphatic carbocycles. The Morgan fingerprint density at radius 2 is 1.96 bits per heavy atom. The molecule has 2 N–H and O–H groups in total. The van der Waals surface area contributed by atoms with Crippen LogP contribution in [-0.4, -0.2) is 23.3 Å². The molecule has 0 bridgehead atoms. The van der Waals surface area contributed by atoms with Gasteiger partial charge in [-0.25, -0.2) is 4.98 Å². The summed E-state index contributed by atoms with van der Waals surface area (Å²) in [6.07, 6.45) is 0.608. The second-order valence-electron chi connectivity index (χ2n) is 5.62. The van der Waals surface area contributed by atoms with Crippen molar-refractivity contribution in [2.24, 2.45) is 0 Å². The van der Waals surface area contributed by atoms with Crippen LogP contribution in [0.3, 0.4) is 0 Å². The number of nitrogens with one attached hydrogen (secondary N) is 2. The van der Waals surface area contributed by atoms with Gasteiger partial charge in [0.1, 0.15) is 0 Å². The van der Waals surface area contributed by atoms with Crippen LogP contribution >= 0.6 is 34.5 Å². The molecule has 3 rings (SSSR count). The molecule has 0 spiro atoms. The number of thiazole rings is 1. The quantitative estimate of drug-likeness (QED) is 0.652. The molecule has 8 heteroatoms. The number of aromatic nitrogens is 1. The predicted octanol–water partition coefficient (Wildman–Crippen LogP) is 4.53. The summed E-state index contributed by atoms with van der Waals surface area (Å²) in [5.41, 5.74) is 2.20. The van der Waals surface area contributed by atoms with Crippen molar-refractivity contribution >= 4 is 61.7 Å². The van der Waals surface area contributed by atoms with Crippen molar-refractivity contribution < 1.29 is 9.59 Å². The molecule has 3 aromatic rings. The van der Waals surface area contributed by atoms with Crippen molar-refractivity contribution in [1.29, 1.82) is 0 Å². The van der Waals surface area contributed by atoms with Crippen LogP contribution in [0.5, 0.6) is 0 Å². The maximum absolute atomic E-state index is 12.4. The van der Waals surface area contributed by atoms with Gasteiger partial charge in [0.15, 0.2) is 5.13 Å². The molecule has 1 heterocycles. The Balaban J connectivity index is 1.64. The lowest BCUT2D eigenvalue weighted by Crippen LogP contribution is -2.25. The molecular formula is C18H15Cl2N3O2S. The van der Waals surface area contributed by atoms with E-state index in [1.165, 1.54) is 18.3 Å². The van der Waals surface area contributed by atoms with Crippen molar-refractivity contribution in [2.75, 3.05) is 11.9 Å². The van der Waals surface area contributed by atoms with Crippen molar-refractivity contribution in [3.05, 3.63) is 57.6 Å². The van der Waals surface area contributed by atoms with E-state index in [0.29, 0.717) is 33.7 Å². The monoisotopic (exact) mass is 407 g/mol. The third-order valence-corrected chi connectivity index (χ3v) is 5.15. The highest BCUT2D eigenvalue weighted by Crippen LogP contribution is 2.27. The zero-order valence-corrected chi connectivity index (χ0v) is 16.1. The SMILES string of the molecule is CC(=O)Nc1nc2ccc(C(=O)NCCc3ccc(Cl)cc3Cl)cc2s1. The summed E-state index contributed by atoms with van der Waals surface area (Å²) in [7, 11) is 0. The average Bonchev–Trinajstić information content (AvgIpc) is 2.97. The number of nitrogens with zero attached hydrogens (tertiary/aromatic N) is 1. The molecule has 2 amide bonds. The second kappa shape index (κ2) is 8.03. The maximum atomic E-state index is 12.4. The molecule has 0 atom stereocenters. The highest BCUT2D eigenvalue weighted by molar-refractivity contribution is 7.22. The number of hydrogen-bond donors (Lipinski definition) is 2. The number of anilines is 1. The molecule has 134 valence electrons. The van der Waals surface area contributed by atoms with Crippen molar-refractivity contribution in [3.8, 4) is 0 Å². The van der Waals surface area contributed by atoms with Crippen molar-refractivity contribution in [2.45, 2.75) is 13.3 Å². The second-order valence-corrected chi connectivity index (χ2v) is 7.50. The standard InChI is InChI=1S/C18H15Cl2N3O2S/c1-10(24)22-18-23-15-5-3-12(8-16(15)26-18)17(25)21-7-6-11-2-4-13(19)9-14(11)20/h2-5,8-9H,6-7H2,1H3,(H,21,25)(H,22,23,24).